The molecule has 0 aliphatic heterocycles. The zero-order valence-electron chi connectivity index (χ0n) is 9.90. The number of rotatable bonds is 7. The number of amides is 1. The largest absolute Gasteiger partial charge is 0.465 e. The summed E-state index contributed by atoms with van der Waals surface area (Å²) in [5.74, 6) is -0.363. The van der Waals surface area contributed by atoms with Crippen molar-refractivity contribution in [3.8, 4) is 0 Å². The highest BCUT2D eigenvalue weighted by Crippen LogP contribution is 2.27. The van der Waals surface area contributed by atoms with Crippen LogP contribution in [0.4, 0.5) is 0 Å². The van der Waals surface area contributed by atoms with E-state index in [0.717, 1.165) is 12.8 Å². The van der Waals surface area contributed by atoms with Gasteiger partial charge in [0.2, 0.25) is 5.91 Å². The smallest absolute Gasteiger partial charge is 0.325 e. The Labute approximate surface area is 95.7 Å². The molecule has 1 amide bonds. The first kappa shape index (κ1) is 13.0. The fraction of sp³-hybridized carbons (Fsp3) is 0.818. The molecule has 1 rings (SSSR count). The highest BCUT2D eigenvalue weighted by atomic mass is 16.5. The molecule has 0 heterocycles. The predicted molar refractivity (Wildman–Crippen MR) is 57.9 cm³/mol. The number of hydrogen-bond acceptors (Lipinski definition) is 4. The van der Waals surface area contributed by atoms with Crippen LogP contribution in [-0.4, -0.2) is 49.7 Å². The summed E-state index contributed by atoms with van der Waals surface area (Å²) < 4.78 is 9.69. The molecular formula is C11H19NO4. The van der Waals surface area contributed by atoms with Gasteiger partial charge < -0.3 is 14.4 Å². The summed E-state index contributed by atoms with van der Waals surface area (Å²) in [5, 5.41) is 0. The first-order valence-electron chi connectivity index (χ1n) is 5.63. The van der Waals surface area contributed by atoms with Crippen LogP contribution >= 0.6 is 0 Å². The maximum Gasteiger partial charge on any atom is 0.325 e. The molecular weight excluding hydrogens is 210 g/mol. The highest BCUT2D eigenvalue weighted by Gasteiger charge is 2.33. The quantitative estimate of drug-likeness (QED) is 0.599. The third-order valence-corrected chi connectivity index (χ3v) is 2.43. The van der Waals surface area contributed by atoms with Crippen LogP contribution in [0.15, 0.2) is 0 Å². The van der Waals surface area contributed by atoms with Gasteiger partial charge in [0, 0.05) is 13.2 Å². The fourth-order valence-electron chi connectivity index (χ4n) is 1.49. The standard InChI is InChI=1S/C11H19NO4/c1-3-16-11(14)8-12(9-4-5-9)10(13)6-7-15-2/h9H,3-8H2,1-2H3. The molecule has 1 aliphatic rings. The molecule has 0 saturated heterocycles. The van der Waals surface area contributed by atoms with Crippen LogP contribution in [0.1, 0.15) is 26.2 Å². The van der Waals surface area contributed by atoms with Crippen LogP contribution in [0.25, 0.3) is 0 Å². The van der Waals surface area contributed by atoms with E-state index >= 15 is 0 Å². The third kappa shape index (κ3) is 4.18. The van der Waals surface area contributed by atoms with E-state index in [2.05, 4.69) is 0 Å². The second-order valence-corrected chi connectivity index (χ2v) is 3.80. The Morgan fingerprint density at radius 3 is 2.56 bits per heavy atom. The summed E-state index contributed by atoms with van der Waals surface area (Å²) in [6, 6.07) is 0.230. The van der Waals surface area contributed by atoms with E-state index in [1.807, 2.05) is 0 Å². The van der Waals surface area contributed by atoms with Crippen molar-refractivity contribution in [3.63, 3.8) is 0 Å². The van der Waals surface area contributed by atoms with Gasteiger partial charge >= 0.3 is 5.97 Å². The Morgan fingerprint density at radius 2 is 2.06 bits per heavy atom. The van der Waals surface area contributed by atoms with Crippen molar-refractivity contribution in [2.45, 2.75) is 32.2 Å². The lowest BCUT2D eigenvalue weighted by Gasteiger charge is -2.21. The molecule has 0 aromatic carbocycles. The second kappa shape index (κ2) is 6.48. The summed E-state index contributed by atoms with van der Waals surface area (Å²) in [5.41, 5.74) is 0. The Hall–Kier alpha value is -1.10. The first-order valence-corrected chi connectivity index (χ1v) is 5.63. The van der Waals surface area contributed by atoms with Crippen molar-refractivity contribution in [1.29, 1.82) is 0 Å². The van der Waals surface area contributed by atoms with E-state index in [0.29, 0.717) is 19.6 Å². The van der Waals surface area contributed by atoms with Gasteiger partial charge in [-0.2, -0.15) is 0 Å². The van der Waals surface area contributed by atoms with Crippen molar-refractivity contribution >= 4 is 11.9 Å². The Balaban J connectivity index is 2.40. The van der Waals surface area contributed by atoms with E-state index < -0.39 is 0 Å². The van der Waals surface area contributed by atoms with Crippen molar-refractivity contribution < 1.29 is 19.1 Å². The van der Waals surface area contributed by atoms with Crippen LogP contribution in [0.3, 0.4) is 0 Å². The molecule has 0 bridgehead atoms. The molecule has 0 atom stereocenters. The van der Waals surface area contributed by atoms with Crippen molar-refractivity contribution in [2.24, 2.45) is 0 Å². The van der Waals surface area contributed by atoms with Gasteiger partial charge in [0.25, 0.3) is 0 Å². The van der Waals surface area contributed by atoms with Crippen molar-refractivity contribution in [2.75, 3.05) is 26.9 Å². The Kier molecular flexibility index (Phi) is 5.25. The SMILES string of the molecule is CCOC(=O)CN(C(=O)CCOC)C1CC1. The summed E-state index contributed by atoms with van der Waals surface area (Å²) in [7, 11) is 1.56. The van der Waals surface area contributed by atoms with Crippen LogP contribution in [-0.2, 0) is 19.1 Å². The topological polar surface area (TPSA) is 55.8 Å². The first-order chi connectivity index (χ1) is 7.69. The minimum absolute atomic E-state index is 0.0302. The monoisotopic (exact) mass is 229 g/mol. The summed E-state index contributed by atoms with van der Waals surface area (Å²) in [4.78, 5) is 24.7. The van der Waals surface area contributed by atoms with Crippen LogP contribution in [0, 0.1) is 0 Å². The lowest BCUT2D eigenvalue weighted by atomic mass is 10.3. The molecule has 0 unspecified atom stereocenters. The molecule has 1 saturated carbocycles. The van der Waals surface area contributed by atoms with Gasteiger partial charge in [-0.25, -0.2) is 0 Å². The van der Waals surface area contributed by atoms with Crippen molar-refractivity contribution in [3.05, 3.63) is 0 Å². The molecule has 0 N–H and O–H groups in total. The van der Waals surface area contributed by atoms with Gasteiger partial charge in [0.15, 0.2) is 0 Å². The fourth-order valence-corrected chi connectivity index (χ4v) is 1.49. The van der Waals surface area contributed by atoms with E-state index in [1.54, 1.807) is 18.9 Å². The van der Waals surface area contributed by atoms with Crippen LogP contribution in [0.2, 0.25) is 0 Å². The number of hydrogen-bond donors (Lipinski definition) is 0. The molecule has 0 radical (unpaired) electrons. The average molecular weight is 229 g/mol. The zero-order valence-corrected chi connectivity index (χ0v) is 9.90. The number of carbonyl (C=O) groups is 2. The number of carbonyl (C=O) groups excluding carboxylic acids is 2. The lowest BCUT2D eigenvalue weighted by Crippen LogP contribution is -2.38. The van der Waals surface area contributed by atoms with E-state index in [1.165, 1.54) is 0 Å². The number of ether oxygens (including phenoxy) is 2. The third-order valence-electron chi connectivity index (χ3n) is 2.43. The van der Waals surface area contributed by atoms with Gasteiger partial charge in [0.1, 0.15) is 6.54 Å². The van der Waals surface area contributed by atoms with Gasteiger partial charge in [0.05, 0.1) is 19.6 Å². The summed E-state index contributed by atoms with van der Waals surface area (Å²) in [6.07, 6.45) is 2.29. The maximum absolute atomic E-state index is 11.8. The van der Waals surface area contributed by atoms with Gasteiger partial charge in [-0.15, -0.1) is 0 Å². The van der Waals surface area contributed by atoms with Crippen LogP contribution < -0.4 is 0 Å². The van der Waals surface area contributed by atoms with Crippen LogP contribution in [0.5, 0.6) is 0 Å². The van der Waals surface area contributed by atoms with E-state index in [-0.39, 0.29) is 24.5 Å². The van der Waals surface area contributed by atoms with Gasteiger partial charge in [-0.05, 0) is 19.8 Å². The Morgan fingerprint density at radius 1 is 1.38 bits per heavy atom. The highest BCUT2D eigenvalue weighted by molar-refractivity contribution is 5.82. The van der Waals surface area contributed by atoms with Gasteiger partial charge in [-0.1, -0.05) is 0 Å². The molecule has 0 spiro atoms. The average Bonchev–Trinajstić information content (AvgIpc) is 3.06. The second-order valence-electron chi connectivity index (χ2n) is 3.80. The number of esters is 1. The summed E-state index contributed by atoms with van der Waals surface area (Å²) >= 11 is 0. The van der Waals surface area contributed by atoms with Crippen molar-refractivity contribution in [1.82, 2.24) is 4.90 Å². The molecule has 5 nitrogen and oxygen atoms in total. The molecule has 0 aromatic heterocycles. The molecule has 5 heteroatoms. The molecule has 92 valence electrons. The molecule has 0 aromatic rings. The zero-order chi connectivity index (χ0) is 12.0. The minimum Gasteiger partial charge on any atom is -0.465 e. The van der Waals surface area contributed by atoms with Gasteiger partial charge in [-0.3, -0.25) is 9.59 Å². The van der Waals surface area contributed by atoms with E-state index in [4.69, 9.17) is 9.47 Å². The van der Waals surface area contributed by atoms with E-state index in [9.17, 15) is 9.59 Å². The Bertz CT molecular complexity index is 250. The number of methoxy groups -OCH3 is 1. The maximum atomic E-state index is 11.8. The molecule has 1 fully saturated rings. The normalized spacial score (nSPS) is 14.6. The molecule has 1 aliphatic carbocycles. The number of nitrogens with zero attached hydrogens (tertiary/aromatic N) is 1. The summed E-state index contributed by atoms with van der Waals surface area (Å²) in [6.45, 7) is 2.57. The minimum atomic E-state index is -0.333. The predicted octanol–water partition coefficient (Wildman–Crippen LogP) is 0.577. The lowest BCUT2D eigenvalue weighted by molar-refractivity contribution is -0.149. The molecule has 16 heavy (non-hydrogen) atoms.